The van der Waals surface area contributed by atoms with Crippen molar-refractivity contribution in [1.82, 2.24) is 0 Å². The summed E-state index contributed by atoms with van der Waals surface area (Å²) in [5.74, 6) is 0. The zero-order valence-corrected chi connectivity index (χ0v) is 7.45. The molecular weight excluding hydrogens is 206 g/mol. The van der Waals surface area contributed by atoms with Gasteiger partial charge < -0.3 is 4.42 Å². The first-order valence-electron chi connectivity index (χ1n) is 1.58. The van der Waals surface area contributed by atoms with E-state index in [0.717, 1.165) is 0 Å². The Morgan fingerprint density at radius 3 is 1.89 bits per heavy atom. The highest BCUT2D eigenvalue weighted by molar-refractivity contribution is 6.28. The maximum Gasteiger partial charge on any atom is 0.192 e. The second kappa shape index (κ2) is 8.44. The van der Waals surface area contributed by atoms with Gasteiger partial charge in [0.2, 0.25) is 0 Å². The molecule has 1 aromatic rings. The number of hydrogen-bond donors (Lipinski definition) is 0. The molecule has 56 valence electrons. The van der Waals surface area contributed by atoms with Crippen molar-refractivity contribution in [2.24, 2.45) is 0 Å². The third-order valence-corrected chi connectivity index (χ3v) is 0.702. The fourth-order valence-corrected chi connectivity index (χ4v) is 0.383. The number of hydrogen-bond acceptors (Lipinski definition) is 1. The van der Waals surface area contributed by atoms with Crippen LogP contribution in [0.1, 0.15) is 0 Å². The van der Waals surface area contributed by atoms with Crippen molar-refractivity contribution in [1.29, 1.82) is 0 Å². The Kier molecular flexibility index (Phi) is 15.2. The Morgan fingerprint density at radius 1 is 1.22 bits per heavy atom. The van der Waals surface area contributed by atoms with Crippen LogP contribution in [0, 0.1) is 0 Å². The lowest BCUT2D eigenvalue weighted by atomic mass is 10.7. The second-order valence-electron chi connectivity index (χ2n) is 0.917. The van der Waals surface area contributed by atoms with Crippen LogP contribution in [0.5, 0.6) is 0 Å². The molecule has 1 aromatic heterocycles. The molecule has 1 rings (SSSR count). The van der Waals surface area contributed by atoms with Crippen LogP contribution in [-0.2, 0) is 0 Å². The highest BCUT2D eigenvalue weighted by Gasteiger charge is 1.79. The number of furan rings is 1. The molecule has 1 nitrogen and oxygen atoms in total. The van der Waals surface area contributed by atoms with E-state index < -0.39 is 0 Å². The Labute approximate surface area is 77.0 Å². The molecule has 5 heteroatoms. The summed E-state index contributed by atoms with van der Waals surface area (Å²) < 4.78 is 4.60. The van der Waals surface area contributed by atoms with Gasteiger partial charge in [0.1, 0.15) is 0 Å². The maximum atomic E-state index is 5.29. The quantitative estimate of drug-likeness (QED) is 0.643. The van der Waals surface area contributed by atoms with Crippen molar-refractivity contribution in [3.05, 3.63) is 23.6 Å². The average Bonchev–Trinajstić information content (AvgIpc) is 1.86. The van der Waals surface area contributed by atoms with Crippen LogP contribution < -0.4 is 0 Å². The highest BCUT2D eigenvalue weighted by Crippen LogP contribution is 2.04. The zero-order chi connectivity index (χ0) is 4.41. The lowest BCUT2D eigenvalue weighted by Gasteiger charge is -1.65. The molecule has 9 heavy (non-hydrogen) atoms. The lowest BCUT2D eigenvalue weighted by Crippen LogP contribution is -1.34. The molecule has 0 aromatic carbocycles. The molecule has 0 aliphatic rings. The van der Waals surface area contributed by atoms with Gasteiger partial charge in [0.05, 0.1) is 6.26 Å². The summed E-state index contributed by atoms with van der Waals surface area (Å²) in [6.45, 7) is 0. The minimum absolute atomic E-state index is 0. The molecule has 0 aliphatic heterocycles. The van der Waals surface area contributed by atoms with Gasteiger partial charge in [-0.3, -0.25) is 0 Å². The van der Waals surface area contributed by atoms with E-state index in [1.165, 1.54) is 6.26 Å². The predicted octanol–water partition coefficient (Wildman–Crippen LogP) is 3.20. The molecule has 0 atom stereocenters. The molecule has 0 saturated carbocycles. The molecule has 0 aliphatic carbocycles. The first-order valence-corrected chi connectivity index (χ1v) is 1.96. The van der Waals surface area contributed by atoms with E-state index in [1.807, 2.05) is 0 Å². The molecular formula is C4H6Cl4O. The van der Waals surface area contributed by atoms with Gasteiger partial charge in [0.25, 0.3) is 0 Å². The fraction of sp³-hybridized carbons (Fsp3) is 0. The Balaban J connectivity index is -0.000000120. The Morgan fingerprint density at radius 2 is 1.78 bits per heavy atom. The van der Waals surface area contributed by atoms with Crippen LogP contribution in [0.25, 0.3) is 0 Å². The summed E-state index contributed by atoms with van der Waals surface area (Å²) in [5.41, 5.74) is 0. The van der Waals surface area contributed by atoms with Crippen molar-refractivity contribution < 1.29 is 4.42 Å². The molecule has 0 amide bonds. The molecule has 0 unspecified atom stereocenters. The zero-order valence-electron chi connectivity index (χ0n) is 4.24. The summed E-state index contributed by atoms with van der Waals surface area (Å²) >= 11 is 5.29. The molecule has 1 heterocycles. The molecule has 0 spiro atoms. The number of halogens is 4. The Bertz CT molecular complexity index is 116. The summed E-state index contributed by atoms with van der Waals surface area (Å²) in [5, 5.41) is 0.440. The van der Waals surface area contributed by atoms with Crippen molar-refractivity contribution in [2.45, 2.75) is 0 Å². The van der Waals surface area contributed by atoms with Gasteiger partial charge >= 0.3 is 0 Å². The van der Waals surface area contributed by atoms with Gasteiger partial charge in [-0.25, -0.2) is 0 Å². The van der Waals surface area contributed by atoms with Gasteiger partial charge in [-0.2, -0.15) is 0 Å². The largest absolute Gasteiger partial charge is 0.453 e. The maximum absolute atomic E-state index is 5.29. The Hall–Kier alpha value is 0.440. The third-order valence-electron chi connectivity index (χ3n) is 0.486. The van der Waals surface area contributed by atoms with E-state index in [4.69, 9.17) is 11.6 Å². The van der Waals surface area contributed by atoms with Crippen LogP contribution in [0.2, 0.25) is 5.22 Å². The number of rotatable bonds is 0. The molecule has 0 N–H and O–H groups in total. The van der Waals surface area contributed by atoms with Gasteiger partial charge in [0.15, 0.2) is 5.22 Å². The first kappa shape index (κ1) is 16.2. The van der Waals surface area contributed by atoms with Gasteiger partial charge in [0, 0.05) is 0 Å². The van der Waals surface area contributed by atoms with E-state index in [2.05, 4.69) is 4.42 Å². The molecule has 0 fully saturated rings. The summed E-state index contributed by atoms with van der Waals surface area (Å²) in [6.07, 6.45) is 1.53. The van der Waals surface area contributed by atoms with Crippen LogP contribution in [0.3, 0.4) is 0 Å². The average molecular weight is 212 g/mol. The molecule has 0 bridgehead atoms. The van der Waals surface area contributed by atoms with E-state index in [0.29, 0.717) is 5.22 Å². The van der Waals surface area contributed by atoms with Crippen molar-refractivity contribution in [3.63, 3.8) is 0 Å². The third kappa shape index (κ3) is 6.32. The summed E-state index contributed by atoms with van der Waals surface area (Å²) in [6, 6.07) is 3.42. The minimum Gasteiger partial charge on any atom is -0.453 e. The van der Waals surface area contributed by atoms with E-state index in [1.54, 1.807) is 12.1 Å². The van der Waals surface area contributed by atoms with E-state index in [-0.39, 0.29) is 37.2 Å². The van der Waals surface area contributed by atoms with Gasteiger partial charge in [-0.1, -0.05) is 0 Å². The predicted molar refractivity (Wildman–Crippen MR) is 45.5 cm³/mol. The summed E-state index contributed by atoms with van der Waals surface area (Å²) in [4.78, 5) is 0. The van der Waals surface area contributed by atoms with Crippen molar-refractivity contribution >= 4 is 48.8 Å². The first-order chi connectivity index (χ1) is 2.89. The van der Waals surface area contributed by atoms with Crippen molar-refractivity contribution in [3.8, 4) is 0 Å². The normalized spacial score (nSPS) is 5.89. The van der Waals surface area contributed by atoms with Crippen LogP contribution in [0.4, 0.5) is 0 Å². The lowest BCUT2D eigenvalue weighted by molar-refractivity contribution is 0.569. The molecule has 0 saturated heterocycles. The smallest absolute Gasteiger partial charge is 0.192 e. The molecule has 0 radical (unpaired) electrons. The van der Waals surface area contributed by atoms with Gasteiger partial charge in [-0.05, 0) is 23.7 Å². The highest BCUT2D eigenvalue weighted by atomic mass is 35.5. The second-order valence-corrected chi connectivity index (χ2v) is 1.29. The fourth-order valence-electron chi connectivity index (χ4n) is 0.259. The van der Waals surface area contributed by atoms with Crippen LogP contribution in [-0.4, -0.2) is 0 Å². The summed E-state index contributed by atoms with van der Waals surface area (Å²) in [7, 11) is 0. The monoisotopic (exact) mass is 210 g/mol. The minimum atomic E-state index is 0. The van der Waals surface area contributed by atoms with Crippen LogP contribution >= 0.6 is 48.8 Å². The topological polar surface area (TPSA) is 13.1 Å². The standard InChI is InChI=1S/C4H3ClO.3ClH/c5-4-2-1-3-6-4;;;/h1-3H;3*1H. The van der Waals surface area contributed by atoms with E-state index >= 15 is 0 Å². The van der Waals surface area contributed by atoms with Gasteiger partial charge in [-0.15, -0.1) is 37.2 Å². The van der Waals surface area contributed by atoms with Crippen LogP contribution in [0.15, 0.2) is 22.8 Å². The SMILES string of the molecule is Cl.Cl.Cl.Clc1ccco1. The van der Waals surface area contributed by atoms with E-state index in [9.17, 15) is 0 Å². The van der Waals surface area contributed by atoms with Crippen molar-refractivity contribution in [2.75, 3.05) is 0 Å².